The minimum atomic E-state index is -0.291. The van der Waals surface area contributed by atoms with E-state index in [-0.39, 0.29) is 11.7 Å². The highest BCUT2D eigenvalue weighted by molar-refractivity contribution is 7.99. The van der Waals surface area contributed by atoms with E-state index in [1.54, 1.807) is 16.8 Å². The fourth-order valence-corrected chi connectivity index (χ4v) is 3.42. The third kappa shape index (κ3) is 4.94. The van der Waals surface area contributed by atoms with Crippen LogP contribution in [0.5, 0.6) is 0 Å². The maximum Gasteiger partial charge on any atom is 0.250 e. The van der Waals surface area contributed by atoms with Crippen LogP contribution in [0.25, 0.3) is 17.0 Å². The van der Waals surface area contributed by atoms with E-state index in [1.165, 1.54) is 18.0 Å². The summed E-state index contributed by atoms with van der Waals surface area (Å²) < 4.78 is 7.27. The van der Waals surface area contributed by atoms with Gasteiger partial charge in [0.15, 0.2) is 0 Å². The van der Waals surface area contributed by atoms with Gasteiger partial charge in [0.05, 0.1) is 17.7 Å². The highest BCUT2D eigenvalue weighted by atomic mass is 35.5. The van der Waals surface area contributed by atoms with Crippen molar-refractivity contribution in [3.8, 4) is 17.0 Å². The first-order valence-corrected chi connectivity index (χ1v) is 10.2. The quantitative estimate of drug-likeness (QED) is 0.267. The predicted octanol–water partition coefficient (Wildman–Crippen LogP) is 3.82. The summed E-state index contributed by atoms with van der Waals surface area (Å²) in [4.78, 5) is 12.1. The van der Waals surface area contributed by atoms with Gasteiger partial charge in [0.25, 0.3) is 5.91 Å². The maximum atomic E-state index is 12.1. The van der Waals surface area contributed by atoms with E-state index in [4.69, 9.17) is 16.0 Å². The summed E-state index contributed by atoms with van der Waals surface area (Å²) in [6, 6.07) is 20.4. The molecule has 2 aromatic heterocycles. The SMILES string of the molecule is O=C(CSc1nnnn1-c1ccccc1)N/N=C\c1ccc(-c2cccc(Cl)c2)o1. The average Bonchev–Trinajstić information content (AvgIpc) is 3.43. The first kappa shape index (κ1) is 19.9. The highest BCUT2D eigenvalue weighted by Crippen LogP contribution is 2.24. The number of amides is 1. The van der Waals surface area contributed by atoms with Crippen molar-refractivity contribution in [2.24, 2.45) is 5.10 Å². The second-order valence-corrected chi connectivity index (χ2v) is 7.38. The average molecular weight is 439 g/mol. The Morgan fingerprint density at radius 3 is 2.87 bits per heavy atom. The minimum absolute atomic E-state index is 0.108. The molecule has 10 heteroatoms. The summed E-state index contributed by atoms with van der Waals surface area (Å²) in [5.41, 5.74) is 4.14. The van der Waals surface area contributed by atoms with Crippen LogP contribution in [0.4, 0.5) is 0 Å². The Balaban J connectivity index is 1.31. The normalized spacial score (nSPS) is 11.1. The molecule has 0 spiro atoms. The van der Waals surface area contributed by atoms with Gasteiger partial charge in [-0.25, -0.2) is 5.43 Å². The molecule has 0 unspecified atom stereocenters. The van der Waals surface area contributed by atoms with E-state index in [0.717, 1.165) is 11.3 Å². The molecule has 150 valence electrons. The molecule has 0 bridgehead atoms. The second-order valence-electron chi connectivity index (χ2n) is 6.00. The molecule has 0 saturated heterocycles. The number of nitrogens with zero attached hydrogens (tertiary/aromatic N) is 5. The summed E-state index contributed by atoms with van der Waals surface area (Å²) >= 11 is 7.21. The molecule has 4 aromatic rings. The summed E-state index contributed by atoms with van der Waals surface area (Å²) in [5.74, 6) is 0.983. The van der Waals surface area contributed by atoms with Gasteiger partial charge < -0.3 is 4.42 Å². The van der Waals surface area contributed by atoms with Crippen LogP contribution in [-0.4, -0.2) is 38.1 Å². The van der Waals surface area contributed by atoms with Crippen LogP contribution in [0.3, 0.4) is 0 Å². The zero-order valence-corrected chi connectivity index (χ0v) is 17.0. The molecule has 2 aromatic carbocycles. The molecule has 8 nitrogen and oxygen atoms in total. The number of hydrazone groups is 1. The van der Waals surface area contributed by atoms with Crippen molar-refractivity contribution in [1.82, 2.24) is 25.6 Å². The molecular formula is C20H15ClN6O2S. The second kappa shape index (κ2) is 9.38. The first-order chi connectivity index (χ1) is 14.7. The fourth-order valence-electron chi connectivity index (χ4n) is 2.55. The molecule has 0 radical (unpaired) electrons. The van der Waals surface area contributed by atoms with Crippen molar-refractivity contribution in [3.63, 3.8) is 0 Å². The van der Waals surface area contributed by atoms with Gasteiger partial charge in [-0.05, 0) is 46.8 Å². The lowest BCUT2D eigenvalue weighted by atomic mass is 10.2. The van der Waals surface area contributed by atoms with E-state index in [1.807, 2.05) is 54.6 Å². The van der Waals surface area contributed by atoms with Gasteiger partial charge in [-0.15, -0.1) is 5.10 Å². The lowest BCUT2D eigenvalue weighted by Gasteiger charge is -2.03. The Morgan fingerprint density at radius 1 is 1.17 bits per heavy atom. The zero-order valence-electron chi connectivity index (χ0n) is 15.5. The molecule has 0 aliphatic heterocycles. The summed E-state index contributed by atoms with van der Waals surface area (Å²) in [7, 11) is 0. The Bertz CT molecular complexity index is 1170. The van der Waals surface area contributed by atoms with Gasteiger partial charge >= 0.3 is 0 Å². The maximum absolute atomic E-state index is 12.1. The first-order valence-electron chi connectivity index (χ1n) is 8.83. The molecule has 1 amide bonds. The van der Waals surface area contributed by atoms with Crippen LogP contribution in [0.2, 0.25) is 5.02 Å². The largest absolute Gasteiger partial charge is 0.455 e. The Kier molecular flexibility index (Phi) is 6.21. The molecule has 0 aliphatic rings. The van der Waals surface area contributed by atoms with E-state index in [2.05, 4.69) is 26.1 Å². The third-order valence-electron chi connectivity index (χ3n) is 3.89. The Morgan fingerprint density at radius 2 is 2.03 bits per heavy atom. The number of nitrogens with one attached hydrogen (secondary N) is 1. The van der Waals surface area contributed by atoms with E-state index < -0.39 is 0 Å². The van der Waals surface area contributed by atoms with Crippen molar-refractivity contribution in [3.05, 3.63) is 77.5 Å². The van der Waals surface area contributed by atoms with Crippen molar-refractivity contribution < 1.29 is 9.21 Å². The van der Waals surface area contributed by atoms with E-state index in [0.29, 0.717) is 21.7 Å². The van der Waals surface area contributed by atoms with Crippen molar-refractivity contribution in [2.45, 2.75) is 5.16 Å². The Hall–Kier alpha value is -3.43. The summed E-state index contributed by atoms with van der Waals surface area (Å²) in [6.07, 6.45) is 1.44. The Labute approximate surface area is 180 Å². The van der Waals surface area contributed by atoms with Crippen molar-refractivity contribution in [2.75, 3.05) is 5.75 Å². The molecule has 0 atom stereocenters. The van der Waals surface area contributed by atoms with Crippen LogP contribution in [0.15, 0.2) is 81.4 Å². The van der Waals surface area contributed by atoms with Crippen molar-refractivity contribution in [1.29, 1.82) is 0 Å². The number of hydrogen-bond acceptors (Lipinski definition) is 7. The smallest absolute Gasteiger partial charge is 0.250 e. The van der Waals surface area contributed by atoms with Gasteiger partial charge in [0.2, 0.25) is 5.16 Å². The number of rotatable bonds is 7. The van der Waals surface area contributed by atoms with Gasteiger partial charge in [-0.2, -0.15) is 9.78 Å². The molecule has 4 rings (SSSR count). The van der Waals surface area contributed by atoms with Crippen LogP contribution >= 0.6 is 23.4 Å². The van der Waals surface area contributed by atoms with E-state index >= 15 is 0 Å². The number of furan rings is 1. The lowest BCUT2D eigenvalue weighted by Crippen LogP contribution is -2.19. The number of benzene rings is 2. The monoisotopic (exact) mass is 438 g/mol. The molecule has 30 heavy (non-hydrogen) atoms. The fraction of sp³-hybridized carbons (Fsp3) is 0.0500. The molecule has 0 fully saturated rings. The van der Waals surface area contributed by atoms with Crippen LogP contribution in [-0.2, 0) is 4.79 Å². The number of hydrogen-bond donors (Lipinski definition) is 1. The van der Waals surface area contributed by atoms with Gasteiger partial charge in [0.1, 0.15) is 11.5 Å². The standard InChI is InChI=1S/C20H15ClN6O2S/c21-15-6-4-5-14(11-15)18-10-9-17(29-18)12-22-23-19(28)13-30-20-24-25-26-27(20)16-7-2-1-3-8-16/h1-12H,13H2,(H,23,28)/b22-12-. The number of aromatic nitrogens is 4. The predicted molar refractivity (Wildman–Crippen MR) is 115 cm³/mol. The molecular weight excluding hydrogens is 424 g/mol. The number of halogens is 1. The number of thioether (sulfide) groups is 1. The third-order valence-corrected chi connectivity index (χ3v) is 5.05. The minimum Gasteiger partial charge on any atom is -0.455 e. The number of carbonyl (C=O) groups is 1. The molecule has 1 N–H and O–H groups in total. The topological polar surface area (TPSA) is 98.2 Å². The summed E-state index contributed by atoms with van der Waals surface area (Å²) in [6.45, 7) is 0. The van der Waals surface area contributed by atoms with Gasteiger partial charge in [-0.3, -0.25) is 4.79 Å². The number of para-hydroxylation sites is 1. The zero-order chi connectivity index (χ0) is 20.8. The number of tetrazole rings is 1. The van der Waals surface area contributed by atoms with Gasteiger partial charge in [0, 0.05) is 10.6 Å². The van der Waals surface area contributed by atoms with Crippen molar-refractivity contribution >= 4 is 35.5 Å². The number of carbonyl (C=O) groups excluding carboxylic acids is 1. The highest BCUT2D eigenvalue weighted by Gasteiger charge is 2.11. The molecule has 0 saturated carbocycles. The van der Waals surface area contributed by atoms with E-state index in [9.17, 15) is 4.79 Å². The lowest BCUT2D eigenvalue weighted by molar-refractivity contribution is -0.118. The molecule has 0 aliphatic carbocycles. The van der Waals surface area contributed by atoms with Crippen LogP contribution in [0.1, 0.15) is 5.76 Å². The van der Waals surface area contributed by atoms with Crippen LogP contribution in [0, 0.1) is 0 Å². The van der Waals surface area contributed by atoms with Crippen LogP contribution < -0.4 is 5.43 Å². The van der Waals surface area contributed by atoms with Gasteiger partial charge in [-0.1, -0.05) is 53.7 Å². The molecule has 2 heterocycles. The summed E-state index contributed by atoms with van der Waals surface area (Å²) in [5, 5.41) is 16.6.